The van der Waals surface area contributed by atoms with Crippen molar-refractivity contribution in [2.24, 2.45) is 0 Å². The second-order valence-electron chi connectivity index (χ2n) is 3.12. The number of hydrogen-bond acceptors (Lipinski definition) is 5. The highest BCUT2D eigenvalue weighted by atomic mass is 32.2. The quantitative estimate of drug-likeness (QED) is 0.835. The third-order valence-corrected chi connectivity index (χ3v) is 3.61. The highest BCUT2D eigenvalue weighted by molar-refractivity contribution is 7.91. The Hall–Kier alpha value is -1.95. The molecular formula is C10H9N3O2S. The van der Waals surface area contributed by atoms with E-state index in [1.165, 1.54) is 36.8 Å². The van der Waals surface area contributed by atoms with Gasteiger partial charge in [0, 0.05) is 24.3 Å². The van der Waals surface area contributed by atoms with E-state index < -0.39 is 9.84 Å². The molecule has 0 fully saturated rings. The van der Waals surface area contributed by atoms with Gasteiger partial charge in [-0.1, -0.05) is 0 Å². The van der Waals surface area contributed by atoms with Gasteiger partial charge < -0.3 is 5.73 Å². The van der Waals surface area contributed by atoms with Gasteiger partial charge in [0.2, 0.25) is 9.84 Å². The fourth-order valence-electron chi connectivity index (χ4n) is 1.20. The number of nitrogens with zero attached hydrogens (tertiary/aromatic N) is 2. The lowest BCUT2D eigenvalue weighted by Gasteiger charge is -2.03. The van der Waals surface area contributed by atoms with Crippen molar-refractivity contribution in [1.29, 1.82) is 0 Å². The number of sulfone groups is 1. The molecule has 0 saturated heterocycles. The van der Waals surface area contributed by atoms with Gasteiger partial charge in [-0.25, -0.2) is 13.4 Å². The molecule has 0 aliphatic carbocycles. The van der Waals surface area contributed by atoms with Crippen LogP contribution >= 0.6 is 0 Å². The Kier molecular flexibility index (Phi) is 2.57. The van der Waals surface area contributed by atoms with E-state index in [0.717, 1.165) is 0 Å². The summed E-state index contributed by atoms with van der Waals surface area (Å²) in [6.07, 6.45) is 4.14. The Morgan fingerprint density at radius 2 is 2.00 bits per heavy atom. The zero-order chi connectivity index (χ0) is 11.6. The number of pyridine rings is 2. The summed E-state index contributed by atoms with van der Waals surface area (Å²) in [5, 5.41) is -0.0690. The molecule has 0 bridgehead atoms. The number of nitrogens with two attached hydrogens (primary N) is 1. The molecule has 6 heteroatoms. The average Bonchev–Trinajstić information content (AvgIpc) is 2.30. The van der Waals surface area contributed by atoms with E-state index in [2.05, 4.69) is 9.97 Å². The van der Waals surface area contributed by atoms with Gasteiger partial charge >= 0.3 is 0 Å². The van der Waals surface area contributed by atoms with E-state index in [4.69, 9.17) is 5.73 Å². The monoisotopic (exact) mass is 235 g/mol. The lowest BCUT2D eigenvalue weighted by molar-refractivity contribution is 0.592. The van der Waals surface area contributed by atoms with Crippen LogP contribution in [0.15, 0.2) is 52.8 Å². The summed E-state index contributed by atoms with van der Waals surface area (Å²) >= 11 is 0. The van der Waals surface area contributed by atoms with Crippen molar-refractivity contribution in [3.8, 4) is 0 Å². The molecule has 2 heterocycles. The molecule has 0 aliphatic heterocycles. The van der Waals surface area contributed by atoms with Crippen LogP contribution in [0.3, 0.4) is 0 Å². The molecule has 2 rings (SSSR count). The second-order valence-corrected chi connectivity index (χ2v) is 5.02. The maximum atomic E-state index is 12.0. The summed E-state index contributed by atoms with van der Waals surface area (Å²) in [4.78, 5) is 7.66. The number of nitrogen functional groups attached to an aromatic ring is 1. The molecule has 0 unspecified atom stereocenters. The first-order chi connectivity index (χ1) is 7.60. The van der Waals surface area contributed by atoms with Gasteiger partial charge in [-0.2, -0.15) is 0 Å². The molecule has 0 saturated carbocycles. The molecule has 0 aliphatic rings. The molecule has 82 valence electrons. The Labute approximate surface area is 92.9 Å². The zero-order valence-electron chi connectivity index (χ0n) is 8.24. The first-order valence-electron chi connectivity index (χ1n) is 4.47. The van der Waals surface area contributed by atoms with Crippen LogP contribution in [-0.4, -0.2) is 18.4 Å². The Morgan fingerprint density at radius 3 is 2.62 bits per heavy atom. The van der Waals surface area contributed by atoms with Gasteiger partial charge in [0.25, 0.3) is 0 Å². The number of aromatic nitrogens is 2. The van der Waals surface area contributed by atoms with Gasteiger partial charge in [-0.3, -0.25) is 4.98 Å². The number of anilines is 1. The minimum atomic E-state index is -3.62. The highest BCUT2D eigenvalue weighted by Crippen LogP contribution is 2.18. The van der Waals surface area contributed by atoms with Gasteiger partial charge in [-0.15, -0.1) is 0 Å². The molecule has 0 radical (unpaired) electrons. The van der Waals surface area contributed by atoms with Gasteiger partial charge in [0.1, 0.15) is 0 Å². The van der Waals surface area contributed by atoms with Crippen molar-refractivity contribution in [3.63, 3.8) is 0 Å². The van der Waals surface area contributed by atoms with E-state index in [1.807, 2.05) is 0 Å². The minimum absolute atomic E-state index is 0.0690. The van der Waals surface area contributed by atoms with Crippen LogP contribution in [0, 0.1) is 0 Å². The Balaban J connectivity index is 2.56. The van der Waals surface area contributed by atoms with Crippen LogP contribution in [0.2, 0.25) is 0 Å². The number of hydrogen-bond donors (Lipinski definition) is 1. The number of rotatable bonds is 2. The smallest absolute Gasteiger partial charge is 0.225 e. The van der Waals surface area contributed by atoms with Gasteiger partial charge in [0.05, 0.1) is 4.90 Å². The Bertz CT molecular complexity index is 596. The van der Waals surface area contributed by atoms with Crippen LogP contribution in [-0.2, 0) is 9.84 Å². The summed E-state index contributed by atoms with van der Waals surface area (Å²) in [6.45, 7) is 0. The van der Waals surface area contributed by atoms with Gasteiger partial charge in [-0.05, 0) is 24.3 Å². The van der Waals surface area contributed by atoms with Crippen LogP contribution in [0.5, 0.6) is 0 Å². The lowest BCUT2D eigenvalue weighted by atomic mass is 10.4. The van der Waals surface area contributed by atoms with Crippen molar-refractivity contribution in [3.05, 3.63) is 42.9 Å². The molecule has 0 amide bonds. The predicted molar refractivity (Wildman–Crippen MR) is 58.3 cm³/mol. The summed E-state index contributed by atoms with van der Waals surface area (Å²) < 4.78 is 24.1. The molecule has 16 heavy (non-hydrogen) atoms. The maximum Gasteiger partial charge on any atom is 0.225 e. The summed E-state index contributed by atoms with van der Waals surface area (Å²) in [7, 11) is -3.62. The second kappa shape index (κ2) is 3.90. The SMILES string of the molecule is Nc1ccnc(S(=O)(=O)c2cccnc2)c1. The van der Waals surface area contributed by atoms with Crippen molar-refractivity contribution < 1.29 is 8.42 Å². The van der Waals surface area contributed by atoms with E-state index >= 15 is 0 Å². The molecule has 2 aromatic rings. The zero-order valence-corrected chi connectivity index (χ0v) is 9.05. The van der Waals surface area contributed by atoms with E-state index in [-0.39, 0.29) is 9.92 Å². The standard InChI is InChI=1S/C10H9N3O2S/c11-8-3-5-13-10(6-8)16(14,15)9-2-1-4-12-7-9/h1-7H,(H2,11,13). The summed E-state index contributed by atoms with van der Waals surface area (Å²) in [6, 6.07) is 5.87. The van der Waals surface area contributed by atoms with E-state index in [9.17, 15) is 8.42 Å². The van der Waals surface area contributed by atoms with E-state index in [1.54, 1.807) is 6.07 Å². The molecule has 2 aromatic heterocycles. The van der Waals surface area contributed by atoms with Crippen molar-refractivity contribution >= 4 is 15.5 Å². The highest BCUT2D eigenvalue weighted by Gasteiger charge is 2.19. The average molecular weight is 235 g/mol. The van der Waals surface area contributed by atoms with Gasteiger partial charge in [0.15, 0.2) is 5.03 Å². The van der Waals surface area contributed by atoms with Crippen LogP contribution < -0.4 is 5.73 Å². The van der Waals surface area contributed by atoms with Crippen LogP contribution in [0.25, 0.3) is 0 Å². The first kappa shape index (κ1) is 10.6. The summed E-state index contributed by atoms with van der Waals surface area (Å²) in [5.74, 6) is 0. The molecular weight excluding hydrogens is 226 g/mol. The fraction of sp³-hybridized carbons (Fsp3) is 0. The van der Waals surface area contributed by atoms with Crippen molar-refractivity contribution in [2.75, 3.05) is 5.73 Å². The van der Waals surface area contributed by atoms with E-state index in [0.29, 0.717) is 5.69 Å². The third kappa shape index (κ3) is 1.87. The molecule has 5 nitrogen and oxygen atoms in total. The fourth-order valence-corrected chi connectivity index (χ4v) is 2.39. The maximum absolute atomic E-state index is 12.0. The largest absolute Gasteiger partial charge is 0.399 e. The third-order valence-electron chi connectivity index (χ3n) is 1.98. The predicted octanol–water partition coefficient (Wildman–Crippen LogP) is 0.892. The van der Waals surface area contributed by atoms with Crippen molar-refractivity contribution in [2.45, 2.75) is 9.92 Å². The Morgan fingerprint density at radius 1 is 1.19 bits per heavy atom. The molecule has 2 N–H and O–H groups in total. The molecule has 0 spiro atoms. The van der Waals surface area contributed by atoms with Crippen LogP contribution in [0.4, 0.5) is 5.69 Å². The lowest BCUT2D eigenvalue weighted by Crippen LogP contribution is -2.05. The summed E-state index contributed by atoms with van der Waals surface area (Å²) in [5.41, 5.74) is 5.87. The topological polar surface area (TPSA) is 85.9 Å². The minimum Gasteiger partial charge on any atom is -0.399 e. The molecule has 0 aromatic carbocycles. The van der Waals surface area contributed by atoms with Crippen molar-refractivity contribution in [1.82, 2.24) is 9.97 Å². The molecule has 0 atom stereocenters. The normalized spacial score (nSPS) is 11.2. The van der Waals surface area contributed by atoms with Crippen LogP contribution in [0.1, 0.15) is 0 Å². The first-order valence-corrected chi connectivity index (χ1v) is 5.95.